The summed E-state index contributed by atoms with van der Waals surface area (Å²) in [5.41, 5.74) is 2.35. The summed E-state index contributed by atoms with van der Waals surface area (Å²) < 4.78 is 0. The lowest BCUT2D eigenvalue weighted by Crippen LogP contribution is -2.37. The second kappa shape index (κ2) is 4.80. The SMILES string of the molecule is C=C/C=C1/CC(=O)N(CC)C/C1=C/C. The van der Waals surface area contributed by atoms with Crippen LogP contribution < -0.4 is 0 Å². The number of likely N-dealkylation sites (N-methyl/N-ethyl adjacent to an activating group) is 1. The molecular weight excluding hydrogens is 174 g/mol. The Morgan fingerprint density at radius 2 is 2.21 bits per heavy atom. The van der Waals surface area contributed by atoms with Crippen LogP contribution in [0.15, 0.2) is 36.0 Å². The fraction of sp³-hybridized carbons (Fsp3) is 0.417. The highest BCUT2D eigenvalue weighted by molar-refractivity contribution is 5.82. The van der Waals surface area contributed by atoms with Crippen LogP contribution in [0, 0.1) is 0 Å². The number of carbonyl (C=O) groups is 1. The van der Waals surface area contributed by atoms with E-state index < -0.39 is 0 Å². The van der Waals surface area contributed by atoms with E-state index in [1.165, 1.54) is 5.57 Å². The molecule has 0 radical (unpaired) electrons. The quantitative estimate of drug-likeness (QED) is 0.656. The minimum atomic E-state index is 0.214. The van der Waals surface area contributed by atoms with Gasteiger partial charge in [0, 0.05) is 13.1 Å². The first-order valence-corrected chi connectivity index (χ1v) is 4.97. The molecule has 1 saturated heterocycles. The van der Waals surface area contributed by atoms with E-state index >= 15 is 0 Å². The summed E-state index contributed by atoms with van der Waals surface area (Å²) in [7, 11) is 0. The minimum Gasteiger partial charge on any atom is -0.338 e. The third-order valence-electron chi connectivity index (χ3n) is 2.52. The molecule has 0 aromatic rings. The van der Waals surface area contributed by atoms with Crippen LogP contribution in [0.5, 0.6) is 0 Å². The van der Waals surface area contributed by atoms with Crippen LogP contribution in [0.1, 0.15) is 20.3 Å². The molecule has 1 fully saturated rings. The molecule has 1 aliphatic rings. The number of hydrogen-bond donors (Lipinski definition) is 0. The van der Waals surface area contributed by atoms with Crippen molar-refractivity contribution in [3.8, 4) is 0 Å². The van der Waals surface area contributed by atoms with Gasteiger partial charge in [-0.25, -0.2) is 0 Å². The highest BCUT2D eigenvalue weighted by Crippen LogP contribution is 2.22. The Kier molecular flexibility index (Phi) is 3.69. The summed E-state index contributed by atoms with van der Waals surface area (Å²) in [6.07, 6.45) is 6.26. The van der Waals surface area contributed by atoms with E-state index in [0.717, 1.165) is 18.7 Å². The molecular formula is C12H17NO. The van der Waals surface area contributed by atoms with E-state index in [1.807, 2.05) is 24.8 Å². The van der Waals surface area contributed by atoms with Crippen LogP contribution in [0.2, 0.25) is 0 Å². The molecule has 0 saturated carbocycles. The van der Waals surface area contributed by atoms with Gasteiger partial charge in [0.2, 0.25) is 5.91 Å². The first-order valence-electron chi connectivity index (χ1n) is 4.97. The van der Waals surface area contributed by atoms with Gasteiger partial charge in [0.25, 0.3) is 0 Å². The van der Waals surface area contributed by atoms with E-state index in [0.29, 0.717) is 6.42 Å². The molecule has 0 spiro atoms. The Bertz CT molecular complexity index is 299. The van der Waals surface area contributed by atoms with Gasteiger partial charge in [0.1, 0.15) is 0 Å². The fourth-order valence-electron chi connectivity index (χ4n) is 1.66. The average molecular weight is 191 g/mol. The van der Waals surface area contributed by atoms with Crippen molar-refractivity contribution in [3.63, 3.8) is 0 Å². The largest absolute Gasteiger partial charge is 0.338 e. The van der Waals surface area contributed by atoms with E-state index in [4.69, 9.17) is 0 Å². The zero-order chi connectivity index (χ0) is 10.6. The van der Waals surface area contributed by atoms with Crippen LogP contribution in [0.4, 0.5) is 0 Å². The number of likely N-dealkylation sites (tertiary alicyclic amines) is 1. The predicted molar refractivity (Wildman–Crippen MR) is 58.9 cm³/mol. The highest BCUT2D eigenvalue weighted by atomic mass is 16.2. The lowest BCUT2D eigenvalue weighted by molar-refractivity contribution is -0.130. The van der Waals surface area contributed by atoms with Crippen molar-refractivity contribution in [2.45, 2.75) is 20.3 Å². The Balaban J connectivity index is 2.89. The van der Waals surface area contributed by atoms with Crippen LogP contribution in [0.3, 0.4) is 0 Å². The smallest absolute Gasteiger partial charge is 0.227 e. The number of nitrogens with zero attached hydrogens (tertiary/aromatic N) is 1. The highest BCUT2D eigenvalue weighted by Gasteiger charge is 2.22. The summed E-state index contributed by atoms with van der Waals surface area (Å²) in [6, 6.07) is 0. The third kappa shape index (κ3) is 2.13. The van der Waals surface area contributed by atoms with Crippen LogP contribution in [-0.4, -0.2) is 23.9 Å². The number of amides is 1. The molecule has 1 amide bonds. The summed E-state index contributed by atoms with van der Waals surface area (Å²) in [6.45, 7) is 9.21. The van der Waals surface area contributed by atoms with Crippen LogP contribution >= 0.6 is 0 Å². The Morgan fingerprint density at radius 3 is 2.71 bits per heavy atom. The molecule has 1 heterocycles. The van der Waals surface area contributed by atoms with Crippen molar-refractivity contribution in [1.29, 1.82) is 0 Å². The lowest BCUT2D eigenvalue weighted by Gasteiger charge is -2.29. The normalized spacial score (nSPS) is 23.3. The van der Waals surface area contributed by atoms with E-state index in [9.17, 15) is 4.79 Å². The molecule has 1 aliphatic heterocycles. The molecule has 0 bridgehead atoms. The van der Waals surface area contributed by atoms with Gasteiger partial charge in [-0.2, -0.15) is 0 Å². The van der Waals surface area contributed by atoms with Gasteiger partial charge in [-0.3, -0.25) is 4.79 Å². The third-order valence-corrected chi connectivity index (χ3v) is 2.52. The molecule has 0 N–H and O–H groups in total. The maximum atomic E-state index is 11.6. The molecule has 0 atom stereocenters. The first kappa shape index (κ1) is 10.8. The monoisotopic (exact) mass is 191 g/mol. The first-order chi connectivity index (χ1) is 6.72. The molecule has 1 rings (SSSR count). The summed E-state index contributed by atoms with van der Waals surface area (Å²) in [5.74, 6) is 0.214. The molecule has 76 valence electrons. The predicted octanol–water partition coefficient (Wildman–Crippen LogP) is 2.30. The van der Waals surface area contributed by atoms with Gasteiger partial charge in [0.05, 0.1) is 6.42 Å². The fourth-order valence-corrected chi connectivity index (χ4v) is 1.66. The van der Waals surface area contributed by atoms with Gasteiger partial charge >= 0.3 is 0 Å². The number of allylic oxidation sites excluding steroid dienone is 3. The summed E-state index contributed by atoms with van der Waals surface area (Å²) in [5, 5.41) is 0. The molecule has 0 unspecified atom stereocenters. The molecule has 2 heteroatoms. The maximum absolute atomic E-state index is 11.6. The Labute approximate surface area is 85.6 Å². The van der Waals surface area contributed by atoms with Gasteiger partial charge in [-0.1, -0.05) is 24.8 Å². The molecule has 0 aromatic heterocycles. The number of rotatable bonds is 2. The van der Waals surface area contributed by atoms with Crippen molar-refractivity contribution >= 4 is 5.91 Å². The maximum Gasteiger partial charge on any atom is 0.227 e. The topological polar surface area (TPSA) is 20.3 Å². The summed E-state index contributed by atoms with van der Waals surface area (Å²) in [4.78, 5) is 13.5. The molecule has 2 nitrogen and oxygen atoms in total. The Morgan fingerprint density at radius 1 is 1.50 bits per heavy atom. The summed E-state index contributed by atoms with van der Waals surface area (Å²) >= 11 is 0. The number of hydrogen-bond acceptors (Lipinski definition) is 1. The van der Waals surface area contributed by atoms with Gasteiger partial charge < -0.3 is 4.90 Å². The van der Waals surface area contributed by atoms with Gasteiger partial charge in [0.15, 0.2) is 0 Å². The molecule has 14 heavy (non-hydrogen) atoms. The van der Waals surface area contributed by atoms with E-state index in [-0.39, 0.29) is 5.91 Å². The molecule has 0 aliphatic carbocycles. The molecule has 0 aromatic carbocycles. The average Bonchev–Trinajstić information content (AvgIpc) is 2.19. The zero-order valence-electron chi connectivity index (χ0n) is 8.92. The van der Waals surface area contributed by atoms with Gasteiger partial charge in [-0.15, -0.1) is 0 Å². The van der Waals surface area contributed by atoms with Crippen molar-refractivity contribution in [2.75, 3.05) is 13.1 Å². The minimum absolute atomic E-state index is 0.214. The van der Waals surface area contributed by atoms with E-state index in [2.05, 4.69) is 12.7 Å². The number of carbonyl (C=O) groups excluding carboxylic acids is 1. The standard InChI is InChI=1S/C12H17NO/c1-4-7-11-8-12(14)13(6-3)9-10(11)5-2/h4-5,7H,1,6,8-9H2,2-3H3/b10-5-,11-7-. The van der Waals surface area contributed by atoms with E-state index in [1.54, 1.807) is 6.08 Å². The van der Waals surface area contributed by atoms with Crippen molar-refractivity contribution in [3.05, 3.63) is 36.0 Å². The van der Waals surface area contributed by atoms with Gasteiger partial charge in [-0.05, 0) is 25.0 Å². The second-order valence-electron chi connectivity index (χ2n) is 3.33. The van der Waals surface area contributed by atoms with Crippen LogP contribution in [0.25, 0.3) is 0 Å². The number of piperidine rings is 1. The zero-order valence-corrected chi connectivity index (χ0v) is 8.92. The lowest BCUT2D eigenvalue weighted by atomic mass is 9.96. The van der Waals surface area contributed by atoms with Crippen molar-refractivity contribution < 1.29 is 4.79 Å². The van der Waals surface area contributed by atoms with Crippen molar-refractivity contribution in [1.82, 2.24) is 4.90 Å². The van der Waals surface area contributed by atoms with Crippen molar-refractivity contribution in [2.24, 2.45) is 0 Å². The Hall–Kier alpha value is -1.31. The second-order valence-corrected chi connectivity index (χ2v) is 3.33. The van der Waals surface area contributed by atoms with Crippen LogP contribution in [-0.2, 0) is 4.79 Å².